The number of fused-ring (bicyclic) bond motifs is 1. The normalized spacial score (nSPS) is 23.0. The lowest BCUT2D eigenvalue weighted by atomic mass is 10.1. The first-order valence-corrected chi connectivity index (χ1v) is 7.86. The summed E-state index contributed by atoms with van der Waals surface area (Å²) in [7, 11) is 3.52. The topological polar surface area (TPSA) is 61.8 Å². The van der Waals surface area contributed by atoms with Gasteiger partial charge in [0.15, 0.2) is 5.82 Å². The van der Waals surface area contributed by atoms with Crippen LogP contribution in [0.2, 0.25) is 0 Å². The van der Waals surface area contributed by atoms with Crippen molar-refractivity contribution < 1.29 is 9.53 Å². The highest BCUT2D eigenvalue weighted by atomic mass is 32.1. The van der Waals surface area contributed by atoms with Gasteiger partial charge in [-0.3, -0.25) is 0 Å². The van der Waals surface area contributed by atoms with Crippen LogP contribution in [0.25, 0.3) is 0 Å². The van der Waals surface area contributed by atoms with E-state index in [4.69, 9.17) is 4.74 Å². The van der Waals surface area contributed by atoms with Gasteiger partial charge in [0.25, 0.3) is 0 Å². The average molecular weight is 311 g/mol. The van der Waals surface area contributed by atoms with E-state index in [0.717, 1.165) is 31.3 Å². The van der Waals surface area contributed by atoms with Gasteiger partial charge in [0, 0.05) is 51.9 Å². The monoisotopic (exact) mass is 311 g/mol. The number of aromatic nitrogens is 2. The van der Waals surface area contributed by atoms with Crippen LogP contribution in [0.4, 0.5) is 9.93 Å². The fourth-order valence-electron chi connectivity index (χ4n) is 2.73. The smallest absolute Gasteiger partial charge is 0.320 e. The van der Waals surface area contributed by atoms with Crippen LogP contribution >= 0.6 is 11.5 Å². The molecular weight excluding hydrogens is 290 g/mol. The largest absolute Gasteiger partial charge is 0.371 e. The molecule has 1 aromatic heterocycles. The second-order valence-corrected chi connectivity index (χ2v) is 6.80. The van der Waals surface area contributed by atoms with Gasteiger partial charge in [0.05, 0.1) is 6.04 Å². The van der Waals surface area contributed by atoms with Gasteiger partial charge in [0.1, 0.15) is 5.60 Å². The van der Waals surface area contributed by atoms with Gasteiger partial charge in [-0.1, -0.05) is 0 Å². The molecule has 1 aromatic rings. The van der Waals surface area contributed by atoms with Gasteiger partial charge in [-0.25, -0.2) is 9.78 Å². The summed E-state index contributed by atoms with van der Waals surface area (Å²) in [5.41, 5.74) is -0.472. The minimum Gasteiger partial charge on any atom is -0.371 e. The minimum absolute atomic E-state index is 0.137. The Morgan fingerprint density at radius 1 is 1.33 bits per heavy atom. The molecule has 0 N–H and O–H groups in total. The Balaban J connectivity index is 1.73. The van der Waals surface area contributed by atoms with Crippen LogP contribution in [0.15, 0.2) is 0 Å². The number of carbonyl (C=O) groups is 1. The molecular formula is C13H21N5O2S. The number of ether oxygens (including phenoxy) is 1. The number of urea groups is 1. The summed E-state index contributed by atoms with van der Waals surface area (Å²) in [4.78, 5) is 22.5. The van der Waals surface area contributed by atoms with Crippen molar-refractivity contribution in [2.75, 3.05) is 45.2 Å². The minimum atomic E-state index is -0.472. The van der Waals surface area contributed by atoms with Crippen molar-refractivity contribution in [1.29, 1.82) is 0 Å². The predicted octanol–water partition coefficient (Wildman–Crippen LogP) is 0.976. The fourth-order valence-corrected chi connectivity index (χ4v) is 3.57. The van der Waals surface area contributed by atoms with Gasteiger partial charge < -0.3 is 19.4 Å². The molecule has 2 amide bonds. The Labute approximate surface area is 128 Å². The lowest BCUT2D eigenvalue weighted by Gasteiger charge is -2.36. The number of hydrogen-bond donors (Lipinski definition) is 0. The number of hydrogen-bond acceptors (Lipinski definition) is 6. The molecule has 7 nitrogen and oxygen atoms in total. The zero-order valence-corrected chi connectivity index (χ0v) is 13.7. The van der Waals surface area contributed by atoms with Gasteiger partial charge in [0.2, 0.25) is 5.13 Å². The Hall–Kier alpha value is -1.41. The molecule has 3 heterocycles. The van der Waals surface area contributed by atoms with Crippen LogP contribution in [-0.2, 0) is 10.3 Å². The Kier molecular flexibility index (Phi) is 3.53. The standard InChI is InChI=1S/C13H21N5O2S/c1-13(2,20-4)10-14-11(21-15-10)17-5-6-18-9(8-17)7-16(3)12(18)19/h9H,5-8H2,1-4H3. The second kappa shape index (κ2) is 5.10. The summed E-state index contributed by atoms with van der Waals surface area (Å²) in [5.74, 6) is 0.715. The predicted molar refractivity (Wildman–Crippen MR) is 80.7 cm³/mol. The van der Waals surface area contributed by atoms with Crippen molar-refractivity contribution in [2.24, 2.45) is 0 Å². The highest BCUT2D eigenvalue weighted by molar-refractivity contribution is 7.09. The first-order valence-electron chi connectivity index (χ1n) is 7.08. The third-order valence-electron chi connectivity index (χ3n) is 4.27. The lowest BCUT2D eigenvalue weighted by Crippen LogP contribution is -2.52. The molecule has 2 fully saturated rings. The number of rotatable bonds is 3. The van der Waals surface area contributed by atoms with E-state index in [1.165, 1.54) is 11.5 Å². The van der Waals surface area contributed by atoms with E-state index in [1.807, 2.05) is 25.8 Å². The number of carbonyl (C=O) groups excluding carboxylic acids is 1. The third-order valence-corrected chi connectivity index (χ3v) is 5.05. The quantitative estimate of drug-likeness (QED) is 0.832. The van der Waals surface area contributed by atoms with Crippen molar-refractivity contribution >= 4 is 22.7 Å². The van der Waals surface area contributed by atoms with Gasteiger partial charge in [-0.15, -0.1) is 0 Å². The average Bonchev–Trinajstić information content (AvgIpc) is 3.05. The van der Waals surface area contributed by atoms with Crippen molar-refractivity contribution in [3.05, 3.63) is 5.82 Å². The van der Waals surface area contributed by atoms with Gasteiger partial charge >= 0.3 is 6.03 Å². The molecule has 3 rings (SSSR count). The van der Waals surface area contributed by atoms with Crippen LogP contribution in [0.1, 0.15) is 19.7 Å². The molecule has 1 unspecified atom stereocenters. The molecule has 2 aliphatic rings. The maximum atomic E-state index is 11.9. The van der Waals surface area contributed by atoms with Crippen molar-refractivity contribution in [3.63, 3.8) is 0 Å². The lowest BCUT2D eigenvalue weighted by molar-refractivity contribution is 0.0125. The molecule has 0 aromatic carbocycles. The molecule has 0 saturated carbocycles. The van der Waals surface area contributed by atoms with Crippen LogP contribution in [0.3, 0.4) is 0 Å². The number of likely N-dealkylation sites (N-methyl/N-ethyl adjacent to an activating group) is 1. The highest BCUT2D eigenvalue weighted by Crippen LogP contribution is 2.29. The molecule has 21 heavy (non-hydrogen) atoms. The third kappa shape index (κ3) is 2.46. The van der Waals surface area contributed by atoms with Crippen LogP contribution in [0, 0.1) is 0 Å². The second-order valence-electron chi connectivity index (χ2n) is 6.07. The highest BCUT2D eigenvalue weighted by Gasteiger charge is 2.39. The van der Waals surface area contributed by atoms with Crippen LogP contribution < -0.4 is 4.90 Å². The first kappa shape index (κ1) is 14.5. The van der Waals surface area contributed by atoms with Crippen molar-refractivity contribution in [2.45, 2.75) is 25.5 Å². The molecule has 0 aliphatic carbocycles. The van der Waals surface area contributed by atoms with E-state index in [9.17, 15) is 4.79 Å². The number of anilines is 1. The Morgan fingerprint density at radius 3 is 2.81 bits per heavy atom. The van der Waals surface area contributed by atoms with E-state index in [1.54, 1.807) is 12.0 Å². The summed E-state index contributed by atoms with van der Waals surface area (Å²) in [6.45, 7) is 7.07. The van der Waals surface area contributed by atoms with Crippen molar-refractivity contribution in [3.8, 4) is 0 Å². The van der Waals surface area contributed by atoms with E-state index in [-0.39, 0.29) is 12.1 Å². The Bertz CT molecular complexity index is 546. The summed E-state index contributed by atoms with van der Waals surface area (Å²) in [6.07, 6.45) is 0. The van der Waals surface area contributed by atoms with Gasteiger partial charge in [-0.2, -0.15) is 4.37 Å². The summed E-state index contributed by atoms with van der Waals surface area (Å²) in [6, 6.07) is 0.386. The molecule has 0 spiro atoms. The SMILES string of the molecule is COC(C)(C)c1nsc(N2CCN3C(=O)N(C)CC3C2)n1. The van der Waals surface area contributed by atoms with E-state index in [0.29, 0.717) is 5.82 Å². The molecule has 0 bridgehead atoms. The van der Waals surface area contributed by atoms with E-state index in [2.05, 4.69) is 14.3 Å². The van der Waals surface area contributed by atoms with Crippen molar-refractivity contribution in [1.82, 2.24) is 19.2 Å². The maximum absolute atomic E-state index is 11.9. The molecule has 116 valence electrons. The van der Waals surface area contributed by atoms with E-state index < -0.39 is 5.60 Å². The maximum Gasteiger partial charge on any atom is 0.320 e. The number of amides is 2. The number of piperazine rings is 1. The molecule has 2 saturated heterocycles. The molecule has 1 atom stereocenters. The fraction of sp³-hybridized carbons (Fsp3) is 0.769. The van der Waals surface area contributed by atoms with Gasteiger partial charge in [-0.05, 0) is 13.8 Å². The zero-order chi connectivity index (χ0) is 15.2. The first-order chi connectivity index (χ1) is 9.92. The molecule has 0 radical (unpaired) electrons. The summed E-state index contributed by atoms with van der Waals surface area (Å²) in [5, 5.41) is 0.914. The van der Waals surface area contributed by atoms with Crippen LogP contribution in [0.5, 0.6) is 0 Å². The molecule has 2 aliphatic heterocycles. The Morgan fingerprint density at radius 2 is 2.10 bits per heavy atom. The zero-order valence-electron chi connectivity index (χ0n) is 12.9. The number of methoxy groups -OCH3 is 1. The summed E-state index contributed by atoms with van der Waals surface area (Å²) >= 11 is 1.40. The van der Waals surface area contributed by atoms with E-state index >= 15 is 0 Å². The molecule has 8 heteroatoms. The number of nitrogens with zero attached hydrogens (tertiary/aromatic N) is 5. The van der Waals surface area contributed by atoms with Crippen LogP contribution in [-0.4, -0.2) is 71.6 Å². The summed E-state index contributed by atoms with van der Waals surface area (Å²) < 4.78 is 9.85.